The van der Waals surface area contributed by atoms with Crippen molar-refractivity contribution >= 4 is 11.8 Å². The Balaban J connectivity index is 3.30. The number of amides is 2. The Kier molecular flexibility index (Phi) is 8.99. The van der Waals surface area contributed by atoms with Gasteiger partial charge in [0.05, 0.1) is 6.07 Å². The van der Waals surface area contributed by atoms with Crippen LogP contribution in [0.4, 0.5) is 0 Å². The summed E-state index contributed by atoms with van der Waals surface area (Å²) in [5, 5.41) is 13.6. The monoisotopic (exact) mass is 225 g/mol. The third-order valence-electron chi connectivity index (χ3n) is 1.99. The molecule has 5 heteroatoms. The van der Waals surface area contributed by atoms with Gasteiger partial charge in [0.2, 0.25) is 11.8 Å². The van der Waals surface area contributed by atoms with Gasteiger partial charge in [0, 0.05) is 19.5 Å². The molecule has 0 rings (SSSR count). The highest BCUT2D eigenvalue weighted by atomic mass is 16.2. The van der Waals surface area contributed by atoms with Crippen LogP contribution >= 0.6 is 0 Å². The van der Waals surface area contributed by atoms with Gasteiger partial charge in [-0.1, -0.05) is 13.3 Å². The molecule has 0 aliphatic rings. The molecule has 0 saturated carbocycles. The molecule has 2 amide bonds. The fourth-order valence-electron chi connectivity index (χ4n) is 1.10. The molecular formula is C11H19N3O2. The van der Waals surface area contributed by atoms with Crippen molar-refractivity contribution in [2.45, 2.75) is 39.0 Å². The largest absolute Gasteiger partial charge is 0.356 e. The normalized spacial score (nSPS) is 9.25. The quantitative estimate of drug-likeness (QED) is 0.597. The Labute approximate surface area is 96.2 Å². The van der Waals surface area contributed by atoms with Crippen molar-refractivity contribution in [1.82, 2.24) is 10.6 Å². The van der Waals surface area contributed by atoms with Crippen LogP contribution in [0.3, 0.4) is 0 Å². The number of carbonyl (C=O) groups excluding carboxylic acids is 2. The maximum absolute atomic E-state index is 11.2. The molecular weight excluding hydrogens is 206 g/mol. The highest BCUT2D eigenvalue weighted by molar-refractivity contribution is 5.78. The van der Waals surface area contributed by atoms with Gasteiger partial charge in [-0.05, 0) is 12.8 Å². The Bertz CT molecular complexity index is 258. The number of rotatable bonds is 8. The zero-order valence-corrected chi connectivity index (χ0v) is 9.71. The van der Waals surface area contributed by atoms with E-state index in [4.69, 9.17) is 5.26 Å². The summed E-state index contributed by atoms with van der Waals surface area (Å²) in [7, 11) is 0. The summed E-state index contributed by atoms with van der Waals surface area (Å²) in [4.78, 5) is 22.0. The second-order valence-electron chi connectivity index (χ2n) is 3.49. The molecule has 0 radical (unpaired) electrons. The molecule has 0 heterocycles. The summed E-state index contributed by atoms with van der Waals surface area (Å²) in [6, 6.07) is 1.77. The first kappa shape index (κ1) is 14.4. The molecule has 0 atom stereocenters. The first-order valence-electron chi connectivity index (χ1n) is 5.61. The highest BCUT2D eigenvalue weighted by Crippen LogP contribution is 1.92. The molecule has 0 aromatic rings. The van der Waals surface area contributed by atoms with Crippen molar-refractivity contribution in [3.05, 3.63) is 0 Å². The van der Waals surface area contributed by atoms with E-state index in [0.29, 0.717) is 25.9 Å². The van der Waals surface area contributed by atoms with Gasteiger partial charge in [-0.15, -0.1) is 0 Å². The highest BCUT2D eigenvalue weighted by Gasteiger charge is 2.00. The van der Waals surface area contributed by atoms with E-state index in [1.54, 1.807) is 6.07 Å². The summed E-state index contributed by atoms with van der Waals surface area (Å²) >= 11 is 0. The molecule has 0 fully saturated rings. The molecule has 0 aromatic carbocycles. The standard InChI is InChI=1S/C11H19N3O2/c1-2-3-5-10(15)13-8-4-9-14-11(16)6-7-12/h2-6,8-9H2,1H3,(H,13,15)(H,14,16). The van der Waals surface area contributed by atoms with Crippen LogP contribution in [0.5, 0.6) is 0 Å². The van der Waals surface area contributed by atoms with Crippen molar-refractivity contribution in [3.63, 3.8) is 0 Å². The summed E-state index contributed by atoms with van der Waals surface area (Å²) in [6.07, 6.45) is 3.07. The van der Waals surface area contributed by atoms with Gasteiger partial charge in [0.15, 0.2) is 0 Å². The lowest BCUT2D eigenvalue weighted by molar-refractivity contribution is -0.121. The molecule has 0 unspecified atom stereocenters. The molecule has 0 aliphatic heterocycles. The van der Waals surface area contributed by atoms with E-state index in [2.05, 4.69) is 10.6 Å². The molecule has 16 heavy (non-hydrogen) atoms. The minimum Gasteiger partial charge on any atom is -0.356 e. The topological polar surface area (TPSA) is 82.0 Å². The minimum atomic E-state index is -0.264. The second kappa shape index (κ2) is 9.97. The van der Waals surface area contributed by atoms with Crippen LogP contribution < -0.4 is 10.6 Å². The van der Waals surface area contributed by atoms with Gasteiger partial charge in [0.25, 0.3) is 0 Å². The van der Waals surface area contributed by atoms with Crippen LogP contribution in [0.2, 0.25) is 0 Å². The lowest BCUT2D eigenvalue weighted by Gasteiger charge is -2.05. The van der Waals surface area contributed by atoms with Crippen molar-refractivity contribution in [1.29, 1.82) is 5.26 Å². The van der Waals surface area contributed by atoms with Crippen LogP contribution in [0.25, 0.3) is 0 Å². The van der Waals surface area contributed by atoms with E-state index < -0.39 is 0 Å². The number of hydrogen-bond acceptors (Lipinski definition) is 3. The van der Waals surface area contributed by atoms with Crippen molar-refractivity contribution in [2.24, 2.45) is 0 Å². The lowest BCUT2D eigenvalue weighted by atomic mass is 10.2. The van der Waals surface area contributed by atoms with Crippen molar-refractivity contribution in [3.8, 4) is 6.07 Å². The van der Waals surface area contributed by atoms with Crippen molar-refractivity contribution < 1.29 is 9.59 Å². The lowest BCUT2D eigenvalue weighted by Crippen LogP contribution is -2.29. The summed E-state index contributed by atoms with van der Waals surface area (Å²) in [6.45, 7) is 3.10. The number of unbranched alkanes of at least 4 members (excludes halogenated alkanes) is 1. The maximum atomic E-state index is 11.2. The van der Waals surface area contributed by atoms with E-state index in [1.807, 2.05) is 6.92 Å². The Morgan fingerprint density at radius 2 is 1.75 bits per heavy atom. The van der Waals surface area contributed by atoms with Crippen LogP contribution in [0.1, 0.15) is 39.0 Å². The number of hydrogen-bond donors (Lipinski definition) is 2. The van der Waals surface area contributed by atoms with Gasteiger partial charge in [-0.25, -0.2) is 0 Å². The zero-order valence-electron chi connectivity index (χ0n) is 9.71. The van der Waals surface area contributed by atoms with Crippen LogP contribution in [-0.2, 0) is 9.59 Å². The van der Waals surface area contributed by atoms with Gasteiger partial charge in [-0.3, -0.25) is 9.59 Å². The SMILES string of the molecule is CCCCC(=O)NCCCNC(=O)CC#N. The Morgan fingerprint density at radius 3 is 2.31 bits per heavy atom. The van der Waals surface area contributed by atoms with Gasteiger partial charge in [0.1, 0.15) is 6.42 Å². The van der Waals surface area contributed by atoms with Crippen LogP contribution in [-0.4, -0.2) is 24.9 Å². The van der Waals surface area contributed by atoms with Crippen LogP contribution in [0, 0.1) is 11.3 Å². The fraction of sp³-hybridized carbons (Fsp3) is 0.727. The first-order chi connectivity index (χ1) is 7.70. The summed E-state index contributed by atoms with van der Waals surface area (Å²) in [5.41, 5.74) is 0. The molecule has 5 nitrogen and oxygen atoms in total. The van der Waals surface area contributed by atoms with Crippen LogP contribution in [0.15, 0.2) is 0 Å². The molecule has 90 valence electrons. The molecule has 0 aromatic heterocycles. The average molecular weight is 225 g/mol. The molecule has 0 bridgehead atoms. The summed E-state index contributed by atoms with van der Waals surface area (Å²) in [5.74, 6) is -0.204. The van der Waals surface area contributed by atoms with E-state index in [0.717, 1.165) is 12.8 Å². The Morgan fingerprint density at radius 1 is 1.12 bits per heavy atom. The molecule has 0 saturated heterocycles. The minimum absolute atomic E-state index is 0.0604. The number of nitrogens with one attached hydrogen (secondary N) is 2. The maximum Gasteiger partial charge on any atom is 0.234 e. The van der Waals surface area contributed by atoms with E-state index in [-0.39, 0.29) is 18.2 Å². The predicted molar refractivity (Wildman–Crippen MR) is 60.4 cm³/mol. The predicted octanol–water partition coefficient (Wildman–Crippen LogP) is 0.713. The molecule has 2 N–H and O–H groups in total. The van der Waals surface area contributed by atoms with Gasteiger partial charge in [-0.2, -0.15) is 5.26 Å². The van der Waals surface area contributed by atoms with Crippen molar-refractivity contribution in [2.75, 3.05) is 13.1 Å². The van der Waals surface area contributed by atoms with Gasteiger partial charge < -0.3 is 10.6 Å². The molecule has 0 aliphatic carbocycles. The Hall–Kier alpha value is -1.57. The van der Waals surface area contributed by atoms with E-state index in [9.17, 15) is 9.59 Å². The second-order valence-corrected chi connectivity index (χ2v) is 3.49. The third-order valence-corrected chi connectivity index (χ3v) is 1.99. The number of carbonyl (C=O) groups is 2. The fourth-order valence-corrected chi connectivity index (χ4v) is 1.10. The zero-order chi connectivity index (χ0) is 12.2. The first-order valence-corrected chi connectivity index (χ1v) is 5.61. The number of nitrogens with zero attached hydrogens (tertiary/aromatic N) is 1. The van der Waals surface area contributed by atoms with Gasteiger partial charge >= 0.3 is 0 Å². The number of nitriles is 1. The van der Waals surface area contributed by atoms with E-state index >= 15 is 0 Å². The third kappa shape index (κ3) is 9.00. The molecule has 0 spiro atoms. The van der Waals surface area contributed by atoms with E-state index in [1.165, 1.54) is 0 Å². The average Bonchev–Trinajstić information content (AvgIpc) is 2.26. The smallest absolute Gasteiger partial charge is 0.234 e. The summed E-state index contributed by atoms with van der Waals surface area (Å²) < 4.78 is 0.